The third kappa shape index (κ3) is 8.68. The monoisotopic (exact) mass is 398 g/mol. The minimum Gasteiger partial charge on any atom is -0.449 e. The van der Waals surface area contributed by atoms with Crippen LogP contribution in [0, 0.1) is 0 Å². The van der Waals surface area contributed by atoms with Crippen molar-refractivity contribution < 1.29 is 19.1 Å². The maximum Gasteiger partial charge on any atom is 0.411 e. The van der Waals surface area contributed by atoms with Crippen LogP contribution in [-0.2, 0) is 15.9 Å². The van der Waals surface area contributed by atoms with Crippen LogP contribution in [0.4, 0.5) is 21.0 Å². The van der Waals surface area contributed by atoms with E-state index in [9.17, 15) is 9.59 Å². The van der Waals surface area contributed by atoms with E-state index in [2.05, 4.69) is 10.6 Å². The highest BCUT2D eigenvalue weighted by molar-refractivity contribution is 5.85. The molecular formula is C23H30N2O4. The van der Waals surface area contributed by atoms with Gasteiger partial charge >= 0.3 is 12.2 Å². The van der Waals surface area contributed by atoms with Crippen molar-refractivity contribution in [3.63, 3.8) is 0 Å². The largest absolute Gasteiger partial charge is 0.449 e. The molecule has 2 aromatic rings. The highest BCUT2D eigenvalue weighted by Gasteiger charge is 2.05. The molecule has 0 spiro atoms. The molecule has 0 aliphatic carbocycles. The normalized spacial score (nSPS) is 10.3. The fourth-order valence-electron chi connectivity index (χ4n) is 2.57. The van der Waals surface area contributed by atoms with Crippen molar-refractivity contribution >= 4 is 23.6 Å². The van der Waals surface area contributed by atoms with Gasteiger partial charge in [0.2, 0.25) is 0 Å². The van der Waals surface area contributed by atoms with Gasteiger partial charge in [-0.25, -0.2) is 9.59 Å². The van der Waals surface area contributed by atoms with Crippen molar-refractivity contribution in [3.8, 4) is 0 Å². The lowest BCUT2D eigenvalue weighted by Crippen LogP contribution is -2.14. The van der Waals surface area contributed by atoms with Crippen LogP contribution in [0.1, 0.15) is 50.7 Å². The van der Waals surface area contributed by atoms with Gasteiger partial charge in [0.15, 0.2) is 0 Å². The average molecular weight is 399 g/mol. The summed E-state index contributed by atoms with van der Waals surface area (Å²) in [5.74, 6) is 0. The Kier molecular flexibility index (Phi) is 9.55. The summed E-state index contributed by atoms with van der Waals surface area (Å²) >= 11 is 0. The van der Waals surface area contributed by atoms with E-state index in [1.165, 1.54) is 0 Å². The minimum absolute atomic E-state index is 0.428. The topological polar surface area (TPSA) is 76.7 Å². The van der Waals surface area contributed by atoms with Crippen molar-refractivity contribution in [1.82, 2.24) is 0 Å². The van der Waals surface area contributed by atoms with Crippen LogP contribution in [0.15, 0.2) is 48.5 Å². The minimum atomic E-state index is -0.428. The number of rotatable bonds is 10. The van der Waals surface area contributed by atoms with Crippen molar-refractivity contribution in [2.75, 3.05) is 23.8 Å². The number of hydrogen-bond donors (Lipinski definition) is 2. The van der Waals surface area contributed by atoms with E-state index in [1.54, 1.807) is 0 Å². The van der Waals surface area contributed by atoms with Gasteiger partial charge in [-0.2, -0.15) is 0 Å². The maximum absolute atomic E-state index is 11.7. The molecule has 0 fully saturated rings. The van der Waals surface area contributed by atoms with Crippen LogP contribution in [0.25, 0.3) is 0 Å². The number of nitrogens with one attached hydrogen (secondary N) is 2. The molecule has 0 aromatic heterocycles. The lowest BCUT2D eigenvalue weighted by Gasteiger charge is -2.09. The van der Waals surface area contributed by atoms with Crippen LogP contribution in [0.2, 0.25) is 0 Å². The number of amides is 2. The van der Waals surface area contributed by atoms with E-state index in [-0.39, 0.29) is 0 Å². The summed E-state index contributed by atoms with van der Waals surface area (Å²) in [5.41, 5.74) is 3.65. The van der Waals surface area contributed by atoms with E-state index in [4.69, 9.17) is 9.47 Å². The van der Waals surface area contributed by atoms with E-state index < -0.39 is 12.2 Å². The van der Waals surface area contributed by atoms with Crippen molar-refractivity contribution in [2.24, 2.45) is 0 Å². The summed E-state index contributed by atoms with van der Waals surface area (Å²) in [6.45, 7) is 4.96. The second-order valence-electron chi connectivity index (χ2n) is 6.80. The third-order valence-electron chi connectivity index (χ3n) is 4.27. The molecule has 0 atom stereocenters. The van der Waals surface area contributed by atoms with Gasteiger partial charge in [0.25, 0.3) is 0 Å². The first-order valence-electron chi connectivity index (χ1n) is 10.2. The zero-order valence-corrected chi connectivity index (χ0v) is 17.2. The highest BCUT2D eigenvalue weighted by atomic mass is 16.6. The molecular weight excluding hydrogens is 368 g/mol. The molecule has 2 amide bonds. The number of benzene rings is 2. The third-order valence-corrected chi connectivity index (χ3v) is 4.27. The van der Waals surface area contributed by atoms with Crippen LogP contribution in [-0.4, -0.2) is 25.4 Å². The Morgan fingerprint density at radius 3 is 1.41 bits per heavy atom. The molecule has 29 heavy (non-hydrogen) atoms. The highest BCUT2D eigenvalue weighted by Crippen LogP contribution is 2.16. The zero-order valence-electron chi connectivity index (χ0n) is 17.2. The summed E-state index contributed by atoms with van der Waals surface area (Å²) in [6, 6.07) is 15.3. The molecule has 2 aromatic carbocycles. The van der Waals surface area contributed by atoms with Gasteiger partial charge in [-0.3, -0.25) is 10.6 Å². The van der Waals surface area contributed by atoms with Crippen molar-refractivity contribution in [2.45, 2.75) is 46.0 Å². The van der Waals surface area contributed by atoms with E-state index in [0.29, 0.717) is 24.6 Å². The summed E-state index contributed by atoms with van der Waals surface area (Å²) in [7, 11) is 0. The van der Waals surface area contributed by atoms with Gasteiger partial charge in [-0.05, 0) is 54.7 Å². The lowest BCUT2D eigenvalue weighted by molar-refractivity contribution is 0.159. The Balaban J connectivity index is 1.80. The molecule has 0 bridgehead atoms. The fraction of sp³-hybridized carbons (Fsp3) is 0.391. The number of ether oxygens (including phenoxy) is 2. The molecule has 0 aliphatic heterocycles. The summed E-state index contributed by atoms with van der Waals surface area (Å²) in [4.78, 5) is 23.3. The standard InChI is InChI=1S/C23H30N2O4/c1-3-5-15-28-22(26)24-20-11-7-18(8-12-20)17-19-9-13-21(14-10-19)25-23(27)29-16-6-4-2/h7-14H,3-6,15-17H2,1-2H3,(H,24,26)(H,25,27). The molecule has 0 radical (unpaired) electrons. The molecule has 2 N–H and O–H groups in total. The molecule has 6 heteroatoms. The lowest BCUT2D eigenvalue weighted by atomic mass is 10.0. The van der Waals surface area contributed by atoms with Gasteiger partial charge in [-0.1, -0.05) is 51.0 Å². The molecule has 0 saturated heterocycles. The Bertz CT molecular complexity index is 692. The van der Waals surface area contributed by atoms with Gasteiger partial charge in [0.05, 0.1) is 13.2 Å². The van der Waals surface area contributed by atoms with Crippen LogP contribution >= 0.6 is 0 Å². The number of hydrogen-bond acceptors (Lipinski definition) is 4. The molecule has 0 aliphatic rings. The zero-order chi connectivity index (χ0) is 20.9. The molecule has 2 rings (SSSR count). The van der Waals surface area contributed by atoms with E-state index >= 15 is 0 Å². The van der Waals surface area contributed by atoms with Gasteiger partial charge in [-0.15, -0.1) is 0 Å². The quantitative estimate of drug-likeness (QED) is 0.483. The first-order valence-corrected chi connectivity index (χ1v) is 10.2. The first kappa shape index (κ1) is 22.3. The maximum atomic E-state index is 11.7. The Morgan fingerprint density at radius 1 is 0.690 bits per heavy atom. The smallest absolute Gasteiger partial charge is 0.411 e. The molecule has 0 unspecified atom stereocenters. The molecule has 0 saturated carbocycles. The average Bonchev–Trinajstić information content (AvgIpc) is 2.71. The van der Waals surface area contributed by atoms with E-state index in [1.807, 2.05) is 62.4 Å². The number of carbonyl (C=O) groups excluding carboxylic acids is 2. The predicted molar refractivity (Wildman–Crippen MR) is 115 cm³/mol. The Morgan fingerprint density at radius 2 is 1.07 bits per heavy atom. The summed E-state index contributed by atoms with van der Waals surface area (Å²) in [6.07, 6.45) is 3.60. The molecule has 6 nitrogen and oxygen atoms in total. The Labute approximate surface area is 172 Å². The fourth-order valence-corrected chi connectivity index (χ4v) is 2.57. The predicted octanol–water partition coefficient (Wildman–Crippen LogP) is 5.97. The van der Waals surface area contributed by atoms with Gasteiger partial charge < -0.3 is 9.47 Å². The van der Waals surface area contributed by atoms with Gasteiger partial charge in [0, 0.05) is 11.4 Å². The first-order chi connectivity index (χ1) is 14.1. The number of anilines is 2. The van der Waals surface area contributed by atoms with Crippen LogP contribution in [0.3, 0.4) is 0 Å². The summed E-state index contributed by atoms with van der Waals surface area (Å²) in [5, 5.41) is 5.44. The van der Waals surface area contributed by atoms with Crippen LogP contribution in [0.5, 0.6) is 0 Å². The second kappa shape index (κ2) is 12.4. The molecule has 156 valence electrons. The summed E-state index contributed by atoms with van der Waals surface area (Å²) < 4.78 is 10.2. The molecule has 0 heterocycles. The van der Waals surface area contributed by atoms with E-state index in [0.717, 1.165) is 43.2 Å². The SMILES string of the molecule is CCCCOC(=O)Nc1ccc(Cc2ccc(NC(=O)OCCCC)cc2)cc1. The van der Waals surface area contributed by atoms with Crippen LogP contribution < -0.4 is 10.6 Å². The number of carbonyl (C=O) groups is 2. The second-order valence-corrected chi connectivity index (χ2v) is 6.80. The Hall–Kier alpha value is -3.02. The number of unbranched alkanes of at least 4 members (excludes halogenated alkanes) is 2. The van der Waals surface area contributed by atoms with Gasteiger partial charge in [0.1, 0.15) is 0 Å². The van der Waals surface area contributed by atoms with Crippen molar-refractivity contribution in [3.05, 3.63) is 59.7 Å². The van der Waals surface area contributed by atoms with Crippen molar-refractivity contribution in [1.29, 1.82) is 0 Å².